The zero-order chi connectivity index (χ0) is 23.2. The number of rotatable bonds is 3. The Morgan fingerprint density at radius 3 is 2.70 bits per heavy atom. The van der Waals surface area contributed by atoms with Crippen molar-refractivity contribution >= 4 is 5.91 Å². The van der Waals surface area contributed by atoms with Crippen LogP contribution in [0.15, 0.2) is 24.3 Å². The maximum Gasteiger partial charge on any atom is 0.416 e. The fourth-order valence-corrected chi connectivity index (χ4v) is 4.67. The lowest BCUT2D eigenvalue weighted by Crippen LogP contribution is -2.44. The molecule has 5 rings (SSSR count). The second-order valence-corrected chi connectivity index (χ2v) is 8.60. The maximum absolute atomic E-state index is 15.1. The number of hydrogen-bond donors (Lipinski definition) is 1. The van der Waals surface area contributed by atoms with Crippen molar-refractivity contribution in [2.45, 2.75) is 50.4 Å². The number of halogens is 4. The van der Waals surface area contributed by atoms with E-state index in [1.807, 2.05) is 0 Å². The van der Waals surface area contributed by atoms with Gasteiger partial charge < -0.3 is 14.8 Å². The van der Waals surface area contributed by atoms with Gasteiger partial charge in [0.2, 0.25) is 0 Å². The zero-order valence-electron chi connectivity index (χ0n) is 17.8. The van der Waals surface area contributed by atoms with Crippen LogP contribution in [0.3, 0.4) is 0 Å². The largest absolute Gasteiger partial charge is 0.491 e. The molecule has 3 aliphatic rings. The molecule has 0 saturated carbocycles. The van der Waals surface area contributed by atoms with E-state index in [0.29, 0.717) is 19.1 Å². The smallest absolute Gasteiger partial charge is 0.416 e. The van der Waals surface area contributed by atoms with Crippen molar-refractivity contribution in [2.75, 3.05) is 26.4 Å². The molecule has 1 aromatic heterocycles. The standard InChI is InChI=1S/C22H24F4N4O3/c23-20-16-9-13(22(24,25)26)1-2-19(16)33-12-18(20)27-21(31)17-10-15-11-29(5-6-30(15)28-17)14-3-7-32-8-4-14/h1-2,9-10,14,18,20H,3-8,11-12H2,(H,27,31)/t18-,20?/m0/s1. The van der Waals surface area contributed by atoms with Crippen LogP contribution in [0.5, 0.6) is 5.75 Å². The molecule has 0 bridgehead atoms. The lowest BCUT2D eigenvalue weighted by molar-refractivity contribution is -0.137. The minimum atomic E-state index is -4.60. The number of amides is 1. The van der Waals surface area contributed by atoms with Gasteiger partial charge in [-0.25, -0.2) is 4.39 Å². The van der Waals surface area contributed by atoms with Gasteiger partial charge in [0, 0.05) is 37.9 Å². The van der Waals surface area contributed by atoms with Crippen LogP contribution in [-0.2, 0) is 24.0 Å². The van der Waals surface area contributed by atoms with Crippen LogP contribution in [0.25, 0.3) is 0 Å². The van der Waals surface area contributed by atoms with E-state index in [9.17, 15) is 18.0 Å². The van der Waals surface area contributed by atoms with Gasteiger partial charge in [0.05, 0.1) is 23.8 Å². The molecule has 1 fully saturated rings. The van der Waals surface area contributed by atoms with Crippen molar-refractivity contribution < 1.29 is 31.8 Å². The number of nitrogens with one attached hydrogen (secondary N) is 1. The lowest BCUT2D eigenvalue weighted by Gasteiger charge is -2.36. The molecule has 1 amide bonds. The van der Waals surface area contributed by atoms with Crippen LogP contribution >= 0.6 is 0 Å². The van der Waals surface area contributed by atoms with E-state index in [1.165, 1.54) is 0 Å². The highest BCUT2D eigenvalue weighted by molar-refractivity contribution is 5.92. The minimum absolute atomic E-state index is 0.0478. The van der Waals surface area contributed by atoms with Crippen LogP contribution in [0.1, 0.15) is 46.3 Å². The predicted octanol–water partition coefficient (Wildman–Crippen LogP) is 3.10. The fourth-order valence-electron chi connectivity index (χ4n) is 4.67. The lowest BCUT2D eigenvalue weighted by atomic mass is 9.98. The molecule has 11 heteroatoms. The molecule has 178 valence electrons. The van der Waals surface area contributed by atoms with Crippen molar-refractivity contribution in [3.05, 3.63) is 46.8 Å². The van der Waals surface area contributed by atoms with Gasteiger partial charge in [0.15, 0.2) is 11.9 Å². The number of alkyl halides is 4. The molecule has 0 aliphatic carbocycles. The zero-order valence-corrected chi connectivity index (χ0v) is 17.8. The number of benzene rings is 1. The first-order valence-electron chi connectivity index (χ1n) is 11.0. The highest BCUT2D eigenvalue weighted by atomic mass is 19.4. The molecule has 1 N–H and O–H groups in total. The molecular weight excluding hydrogens is 444 g/mol. The molecule has 0 spiro atoms. The Balaban J connectivity index is 1.27. The highest BCUT2D eigenvalue weighted by Gasteiger charge is 2.37. The summed E-state index contributed by atoms with van der Waals surface area (Å²) in [5.74, 6) is -0.534. The average molecular weight is 468 g/mol. The van der Waals surface area contributed by atoms with Gasteiger partial charge in [-0.1, -0.05) is 0 Å². The summed E-state index contributed by atoms with van der Waals surface area (Å²) < 4.78 is 66.7. The molecule has 1 saturated heterocycles. The average Bonchev–Trinajstić information content (AvgIpc) is 3.24. The van der Waals surface area contributed by atoms with Gasteiger partial charge in [-0.2, -0.15) is 18.3 Å². The predicted molar refractivity (Wildman–Crippen MR) is 109 cm³/mol. The summed E-state index contributed by atoms with van der Waals surface area (Å²) in [6, 6.07) is 3.70. The van der Waals surface area contributed by atoms with Crippen LogP contribution < -0.4 is 10.1 Å². The Kier molecular flexibility index (Phi) is 5.77. The van der Waals surface area contributed by atoms with Gasteiger partial charge in [0.25, 0.3) is 5.91 Å². The third-order valence-corrected chi connectivity index (χ3v) is 6.49. The number of carbonyl (C=O) groups excluding carboxylic acids is 1. The SMILES string of the molecule is O=C(N[C@H]1COc2ccc(C(F)(F)F)cc2C1F)c1cc2n(n1)CCN(C1CCOCC1)C2. The Hall–Kier alpha value is -2.66. The van der Waals surface area contributed by atoms with E-state index in [4.69, 9.17) is 9.47 Å². The molecule has 7 nitrogen and oxygen atoms in total. The van der Waals surface area contributed by atoms with E-state index in [1.54, 1.807) is 10.7 Å². The van der Waals surface area contributed by atoms with Crippen LogP contribution in [0, 0.1) is 0 Å². The van der Waals surface area contributed by atoms with Crippen molar-refractivity contribution in [3.8, 4) is 5.75 Å². The summed E-state index contributed by atoms with van der Waals surface area (Å²) in [5.41, 5.74) is -0.136. The first-order chi connectivity index (χ1) is 15.8. The van der Waals surface area contributed by atoms with Crippen LogP contribution in [0.2, 0.25) is 0 Å². The Morgan fingerprint density at radius 1 is 1.15 bits per heavy atom. The van der Waals surface area contributed by atoms with E-state index in [0.717, 1.165) is 56.5 Å². The second-order valence-electron chi connectivity index (χ2n) is 8.60. The first-order valence-corrected chi connectivity index (χ1v) is 11.0. The topological polar surface area (TPSA) is 68.6 Å². The van der Waals surface area contributed by atoms with E-state index >= 15 is 4.39 Å². The quantitative estimate of drug-likeness (QED) is 0.702. The molecule has 2 aromatic rings. The van der Waals surface area contributed by atoms with E-state index in [-0.39, 0.29) is 23.6 Å². The first kappa shape index (κ1) is 22.1. The van der Waals surface area contributed by atoms with Gasteiger partial charge >= 0.3 is 6.18 Å². The second kappa shape index (κ2) is 8.60. The summed E-state index contributed by atoms with van der Waals surface area (Å²) in [7, 11) is 0. The third kappa shape index (κ3) is 4.43. The Bertz CT molecular complexity index is 1040. The summed E-state index contributed by atoms with van der Waals surface area (Å²) in [5, 5.41) is 6.89. The highest BCUT2D eigenvalue weighted by Crippen LogP contribution is 2.39. The molecular formula is C22H24F4N4O3. The number of nitrogens with zero attached hydrogens (tertiary/aromatic N) is 3. The van der Waals surface area contributed by atoms with Crippen LogP contribution in [0.4, 0.5) is 17.6 Å². The van der Waals surface area contributed by atoms with Crippen molar-refractivity contribution in [1.82, 2.24) is 20.0 Å². The number of aromatic nitrogens is 2. The molecule has 3 aliphatic heterocycles. The molecule has 33 heavy (non-hydrogen) atoms. The summed E-state index contributed by atoms with van der Waals surface area (Å²) in [6.45, 7) is 3.44. The van der Waals surface area contributed by atoms with Crippen molar-refractivity contribution in [2.24, 2.45) is 0 Å². The van der Waals surface area contributed by atoms with Gasteiger partial charge in [-0.15, -0.1) is 0 Å². The van der Waals surface area contributed by atoms with Gasteiger partial charge in [-0.3, -0.25) is 14.4 Å². The number of carbonyl (C=O) groups is 1. The Labute approximate surface area is 187 Å². The summed E-state index contributed by atoms with van der Waals surface area (Å²) in [6.07, 6.45) is -4.49. The minimum Gasteiger partial charge on any atom is -0.491 e. The van der Waals surface area contributed by atoms with Gasteiger partial charge in [-0.05, 0) is 37.1 Å². The molecule has 0 radical (unpaired) electrons. The third-order valence-electron chi connectivity index (χ3n) is 6.49. The summed E-state index contributed by atoms with van der Waals surface area (Å²) >= 11 is 0. The summed E-state index contributed by atoms with van der Waals surface area (Å²) in [4.78, 5) is 15.1. The van der Waals surface area contributed by atoms with Crippen molar-refractivity contribution in [1.29, 1.82) is 0 Å². The van der Waals surface area contributed by atoms with Crippen molar-refractivity contribution in [3.63, 3.8) is 0 Å². The van der Waals surface area contributed by atoms with E-state index in [2.05, 4.69) is 15.3 Å². The molecule has 1 aromatic carbocycles. The Morgan fingerprint density at radius 2 is 1.94 bits per heavy atom. The monoisotopic (exact) mass is 468 g/mol. The number of ether oxygens (including phenoxy) is 2. The molecule has 1 unspecified atom stereocenters. The van der Waals surface area contributed by atoms with E-state index < -0.39 is 29.9 Å². The maximum atomic E-state index is 15.1. The number of fused-ring (bicyclic) bond motifs is 2. The van der Waals surface area contributed by atoms with Gasteiger partial charge in [0.1, 0.15) is 12.4 Å². The molecule has 2 atom stereocenters. The number of hydrogen-bond acceptors (Lipinski definition) is 5. The normalized spacial score (nSPS) is 24.0. The van der Waals surface area contributed by atoms with Crippen LogP contribution in [-0.4, -0.2) is 59.0 Å². The molecule has 4 heterocycles. The fraction of sp³-hybridized carbons (Fsp3) is 0.545.